The number of likely N-dealkylation sites (tertiary alicyclic amines) is 1. The summed E-state index contributed by atoms with van der Waals surface area (Å²) in [5.41, 5.74) is 4.10. The molecule has 0 aromatic carbocycles. The fourth-order valence-electron chi connectivity index (χ4n) is 3.83. The van der Waals surface area contributed by atoms with Crippen molar-refractivity contribution in [2.24, 2.45) is 7.05 Å². The molecule has 8 heteroatoms. The molecule has 1 aliphatic rings. The van der Waals surface area contributed by atoms with Crippen LogP contribution in [0, 0.1) is 13.8 Å². The number of H-pyrrole nitrogens is 1. The number of nitrogens with one attached hydrogen (secondary N) is 3. The Kier molecular flexibility index (Phi) is 5.65. The van der Waals surface area contributed by atoms with Crippen LogP contribution < -0.4 is 10.6 Å². The molecule has 2 aromatic heterocycles. The van der Waals surface area contributed by atoms with E-state index in [1.807, 2.05) is 37.6 Å². The third-order valence-corrected chi connectivity index (χ3v) is 5.31. The second kappa shape index (κ2) is 7.96. The number of hydrogen-bond acceptors (Lipinski definition) is 4. The molecule has 8 nitrogen and oxygen atoms in total. The van der Waals surface area contributed by atoms with E-state index in [0.717, 1.165) is 48.6 Å². The highest BCUT2D eigenvalue weighted by molar-refractivity contribution is 5.93. The first kappa shape index (κ1) is 19.2. The molecule has 1 atom stereocenters. The van der Waals surface area contributed by atoms with E-state index in [1.54, 1.807) is 7.05 Å². The Morgan fingerprint density at radius 3 is 2.74 bits per heavy atom. The van der Waals surface area contributed by atoms with Crippen molar-refractivity contribution in [3.8, 4) is 0 Å². The van der Waals surface area contributed by atoms with Gasteiger partial charge in [-0.15, -0.1) is 0 Å². The highest BCUT2D eigenvalue weighted by Crippen LogP contribution is 2.31. The number of anilines is 1. The van der Waals surface area contributed by atoms with Gasteiger partial charge in [0.25, 0.3) is 5.91 Å². The van der Waals surface area contributed by atoms with Gasteiger partial charge in [-0.2, -0.15) is 5.10 Å². The lowest BCUT2D eigenvalue weighted by Gasteiger charge is -2.35. The fourth-order valence-corrected chi connectivity index (χ4v) is 3.83. The minimum Gasteiger partial charge on any atom is -0.354 e. The summed E-state index contributed by atoms with van der Waals surface area (Å²) >= 11 is 0. The highest BCUT2D eigenvalue weighted by Gasteiger charge is 2.29. The summed E-state index contributed by atoms with van der Waals surface area (Å²) in [5, 5.41) is 12.7. The SMILES string of the molecule is CNC(=O)c1ccc(C2CCCCN2CC(=O)Nc2c(C)n[nH]c2C)n1C. The van der Waals surface area contributed by atoms with Gasteiger partial charge in [-0.3, -0.25) is 19.6 Å². The first-order valence-electron chi connectivity index (χ1n) is 9.35. The molecule has 146 valence electrons. The maximum atomic E-state index is 12.6. The summed E-state index contributed by atoms with van der Waals surface area (Å²) in [5.74, 6) is -0.148. The van der Waals surface area contributed by atoms with E-state index in [4.69, 9.17) is 0 Å². The number of piperidine rings is 1. The predicted octanol–water partition coefficient (Wildman–Crippen LogP) is 1.89. The van der Waals surface area contributed by atoms with Gasteiger partial charge in [-0.05, 0) is 45.4 Å². The zero-order chi connectivity index (χ0) is 19.6. The van der Waals surface area contributed by atoms with Crippen LogP contribution in [0.5, 0.6) is 0 Å². The van der Waals surface area contributed by atoms with E-state index in [1.165, 1.54) is 0 Å². The Balaban J connectivity index is 1.75. The lowest BCUT2D eigenvalue weighted by Crippen LogP contribution is -2.40. The van der Waals surface area contributed by atoms with E-state index in [0.29, 0.717) is 12.2 Å². The van der Waals surface area contributed by atoms with Gasteiger partial charge in [0.15, 0.2) is 0 Å². The first-order chi connectivity index (χ1) is 12.9. The van der Waals surface area contributed by atoms with Crippen molar-refractivity contribution in [3.05, 3.63) is 34.9 Å². The van der Waals surface area contributed by atoms with E-state index < -0.39 is 0 Å². The number of hydrogen-bond donors (Lipinski definition) is 3. The number of aromatic amines is 1. The molecule has 0 saturated carbocycles. The molecule has 1 aliphatic heterocycles. The molecule has 3 rings (SSSR count). The van der Waals surface area contributed by atoms with Crippen molar-refractivity contribution in [2.45, 2.75) is 39.2 Å². The number of aryl methyl sites for hydroxylation is 2. The van der Waals surface area contributed by atoms with Gasteiger partial charge in [-0.1, -0.05) is 6.42 Å². The van der Waals surface area contributed by atoms with Crippen LogP contribution in [-0.4, -0.2) is 51.6 Å². The Labute approximate surface area is 159 Å². The maximum Gasteiger partial charge on any atom is 0.267 e. The van der Waals surface area contributed by atoms with Crippen LogP contribution in [0.1, 0.15) is 52.9 Å². The van der Waals surface area contributed by atoms with Gasteiger partial charge in [0, 0.05) is 19.8 Å². The summed E-state index contributed by atoms with van der Waals surface area (Å²) in [6.45, 7) is 4.94. The molecule has 0 spiro atoms. The van der Waals surface area contributed by atoms with Crippen molar-refractivity contribution in [2.75, 3.05) is 25.5 Å². The Morgan fingerprint density at radius 1 is 1.30 bits per heavy atom. The highest BCUT2D eigenvalue weighted by atomic mass is 16.2. The minimum atomic E-state index is -0.102. The second-order valence-corrected chi connectivity index (χ2v) is 7.12. The lowest BCUT2D eigenvalue weighted by molar-refractivity contribution is -0.118. The standard InChI is InChI=1S/C19H28N6O2/c1-12-18(13(2)23-22-12)21-17(26)11-25-10-6-5-7-15(25)14-8-9-16(24(14)4)19(27)20-3/h8-9,15H,5-7,10-11H2,1-4H3,(H,20,27)(H,21,26)(H,22,23). The molecule has 3 N–H and O–H groups in total. The molecule has 27 heavy (non-hydrogen) atoms. The molecule has 0 bridgehead atoms. The van der Waals surface area contributed by atoms with Crippen LogP contribution in [0.15, 0.2) is 12.1 Å². The number of nitrogens with zero attached hydrogens (tertiary/aromatic N) is 3. The monoisotopic (exact) mass is 372 g/mol. The van der Waals surface area contributed by atoms with E-state index in [9.17, 15) is 9.59 Å². The van der Waals surface area contributed by atoms with Crippen LogP contribution in [0.4, 0.5) is 5.69 Å². The van der Waals surface area contributed by atoms with Crippen molar-refractivity contribution < 1.29 is 9.59 Å². The van der Waals surface area contributed by atoms with Crippen LogP contribution in [0.25, 0.3) is 0 Å². The minimum absolute atomic E-state index is 0.0461. The van der Waals surface area contributed by atoms with Crippen LogP contribution in [0.3, 0.4) is 0 Å². The summed E-state index contributed by atoms with van der Waals surface area (Å²) in [6, 6.07) is 3.97. The number of carbonyl (C=O) groups excluding carboxylic acids is 2. The first-order valence-corrected chi connectivity index (χ1v) is 9.35. The van der Waals surface area contributed by atoms with Gasteiger partial charge in [0.05, 0.1) is 29.7 Å². The molecule has 1 fully saturated rings. The quantitative estimate of drug-likeness (QED) is 0.747. The molecular weight excluding hydrogens is 344 g/mol. The van der Waals surface area contributed by atoms with Crippen LogP contribution in [0.2, 0.25) is 0 Å². The van der Waals surface area contributed by atoms with Crippen molar-refractivity contribution >= 4 is 17.5 Å². The summed E-state index contributed by atoms with van der Waals surface area (Å²) in [7, 11) is 3.54. The summed E-state index contributed by atoms with van der Waals surface area (Å²) < 4.78 is 1.93. The van der Waals surface area contributed by atoms with Crippen molar-refractivity contribution in [1.29, 1.82) is 0 Å². The molecule has 1 unspecified atom stereocenters. The number of aromatic nitrogens is 3. The largest absolute Gasteiger partial charge is 0.354 e. The Hall–Kier alpha value is -2.61. The van der Waals surface area contributed by atoms with Gasteiger partial charge >= 0.3 is 0 Å². The van der Waals surface area contributed by atoms with Crippen LogP contribution in [-0.2, 0) is 11.8 Å². The zero-order valence-corrected chi connectivity index (χ0v) is 16.4. The van der Waals surface area contributed by atoms with Crippen molar-refractivity contribution in [1.82, 2.24) is 25.0 Å². The van der Waals surface area contributed by atoms with Gasteiger partial charge < -0.3 is 15.2 Å². The number of carbonyl (C=O) groups is 2. The third kappa shape index (κ3) is 3.90. The molecular formula is C19H28N6O2. The summed E-state index contributed by atoms with van der Waals surface area (Å²) in [4.78, 5) is 26.9. The fraction of sp³-hybridized carbons (Fsp3) is 0.526. The lowest BCUT2D eigenvalue weighted by atomic mass is 9.99. The third-order valence-electron chi connectivity index (χ3n) is 5.31. The number of rotatable bonds is 5. The Morgan fingerprint density at radius 2 is 2.07 bits per heavy atom. The second-order valence-electron chi connectivity index (χ2n) is 7.12. The molecule has 0 radical (unpaired) electrons. The van der Waals surface area contributed by atoms with E-state index in [-0.39, 0.29) is 17.9 Å². The van der Waals surface area contributed by atoms with Gasteiger partial charge in [0.2, 0.25) is 5.91 Å². The van der Waals surface area contributed by atoms with Gasteiger partial charge in [-0.25, -0.2) is 0 Å². The topological polar surface area (TPSA) is 95.1 Å². The van der Waals surface area contributed by atoms with Gasteiger partial charge in [0.1, 0.15) is 5.69 Å². The number of amides is 2. The summed E-state index contributed by atoms with van der Waals surface area (Å²) in [6.07, 6.45) is 3.16. The molecule has 3 heterocycles. The average Bonchev–Trinajstić information content (AvgIpc) is 3.18. The van der Waals surface area contributed by atoms with Crippen LogP contribution >= 0.6 is 0 Å². The molecule has 1 saturated heterocycles. The van der Waals surface area contributed by atoms with E-state index in [2.05, 4.69) is 25.7 Å². The smallest absolute Gasteiger partial charge is 0.267 e. The molecule has 2 aromatic rings. The zero-order valence-electron chi connectivity index (χ0n) is 16.4. The average molecular weight is 372 g/mol. The predicted molar refractivity (Wildman–Crippen MR) is 104 cm³/mol. The normalized spacial score (nSPS) is 17.7. The van der Waals surface area contributed by atoms with E-state index >= 15 is 0 Å². The molecule has 0 aliphatic carbocycles. The van der Waals surface area contributed by atoms with Crippen molar-refractivity contribution in [3.63, 3.8) is 0 Å². The maximum absolute atomic E-state index is 12.6. The molecule has 2 amide bonds. The Bertz CT molecular complexity index is 818.